The lowest BCUT2D eigenvalue weighted by molar-refractivity contribution is 0.300. The first kappa shape index (κ1) is 9.49. The van der Waals surface area contributed by atoms with Crippen molar-refractivity contribution in [1.82, 2.24) is 0 Å². The summed E-state index contributed by atoms with van der Waals surface area (Å²) in [5, 5.41) is 9.99. The Morgan fingerprint density at radius 2 is 2.29 bits per heavy atom. The molecule has 1 aromatic carbocycles. The second-order valence-corrected chi connectivity index (χ2v) is 4.23. The second kappa shape index (κ2) is 3.98. The average molecular weight is 208 g/mol. The monoisotopic (exact) mass is 208 g/mol. The Kier molecular flexibility index (Phi) is 2.70. The van der Waals surface area contributed by atoms with Gasteiger partial charge in [-0.1, -0.05) is 6.07 Å². The highest BCUT2D eigenvalue weighted by Gasteiger charge is 2.05. The Bertz CT molecular complexity index is 434. The van der Waals surface area contributed by atoms with E-state index in [9.17, 15) is 0 Å². The molecule has 14 heavy (non-hydrogen) atoms. The molecule has 0 spiro atoms. The average Bonchev–Trinajstić information content (AvgIpc) is 2.60. The van der Waals surface area contributed by atoms with Crippen molar-refractivity contribution in [3.63, 3.8) is 0 Å². The van der Waals surface area contributed by atoms with Crippen LogP contribution in [0, 0.1) is 0 Å². The first-order valence-corrected chi connectivity index (χ1v) is 5.33. The van der Waals surface area contributed by atoms with E-state index < -0.39 is 0 Å². The number of rotatable bonds is 3. The number of hydrogen-bond donors (Lipinski definition) is 1. The molecule has 0 saturated heterocycles. The summed E-state index contributed by atoms with van der Waals surface area (Å²) in [6, 6.07) is 8.11. The van der Waals surface area contributed by atoms with E-state index in [-0.39, 0.29) is 6.61 Å². The Hall–Kier alpha value is -1.06. The zero-order chi connectivity index (χ0) is 9.97. The standard InChI is InChI=1S/C11H12O2S/c1-13-10-3-2-4-11-9(10)7-8(14-11)5-6-12/h2-4,7,12H,5-6H2,1H3. The first-order valence-electron chi connectivity index (χ1n) is 4.51. The number of aliphatic hydroxyl groups is 1. The minimum Gasteiger partial charge on any atom is -0.496 e. The van der Waals surface area contributed by atoms with E-state index in [1.807, 2.05) is 12.1 Å². The summed E-state index contributed by atoms with van der Waals surface area (Å²) in [5.41, 5.74) is 0. The molecule has 74 valence electrons. The molecular weight excluding hydrogens is 196 g/mol. The van der Waals surface area contributed by atoms with Crippen molar-refractivity contribution in [3.05, 3.63) is 29.1 Å². The maximum Gasteiger partial charge on any atom is 0.127 e. The summed E-state index contributed by atoms with van der Waals surface area (Å²) in [5.74, 6) is 0.905. The van der Waals surface area contributed by atoms with Gasteiger partial charge in [-0.25, -0.2) is 0 Å². The van der Waals surface area contributed by atoms with Crippen LogP contribution < -0.4 is 4.74 Å². The Balaban J connectivity index is 2.52. The third kappa shape index (κ3) is 1.61. The number of methoxy groups -OCH3 is 1. The fraction of sp³-hybridized carbons (Fsp3) is 0.273. The van der Waals surface area contributed by atoms with Crippen molar-refractivity contribution in [3.8, 4) is 5.75 Å². The quantitative estimate of drug-likeness (QED) is 0.839. The predicted molar refractivity (Wildman–Crippen MR) is 59.2 cm³/mol. The molecule has 3 heteroatoms. The number of ether oxygens (including phenoxy) is 1. The van der Waals surface area contributed by atoms with Gasteiger partial charge in [0, 0.05) is 28.0 Å². The summed E-state index contributed by atoms with van der Waals surface area (Å²) >= 11 is 1.71. The highest BCUT2D eigenvalue weighted by Crippen LogP contribution is 2.32. The van der Waals surface area contributed by atoms with E-state index in [0.29, 0.717) is 0 Å². The van der Waals surface area contributed by atoms with E-state index in [1.165, 1.54) is 9.58 Å². The van der Waals surface area contributed by atoms with Gasteiger partial charge in [-0.2, -0.15) is 0 Å². The van der Waals surface area contributed by atoms with Crippen molar-refractivity contribution in [2.45, 2.75) is 6.42 Å². The van der Waals surface area contributed by atoms with Crippen LogP contribution in [0.15, 0.2) is 24.3 Å². The number of aliphatic hydroxyl groups excluding tert-OH is 1. The van der Waals surface area contributed by atoms with E-state index in [1.54, 1.807) is 18.4 Å². The molecule has 0 amide bonds. The van der Waals surface area contributed by atoms with Crippen LogP contribution in [0.3, 0.4) is 0 Å². The SMILES string of the molecule is COc1cccc2sc(CCO)cc12. The highest BCUT2D eigenvalue weighted by molar-refractivity contribution is 7.19. The van der Waals surface area contributed by atoms with Gasteiger partial charge in [0.15, 0.2) is 0 Å². The van der Waals surface area contributed by atoms with E-state index in [4.69, 9.17) is 9.84 Å². The summed E-state index contributed by atoms with van der Waals surface area (Å²) < 4.78 is 6.48. The van der Waals surface area contributed by atoms with Crippen molar-refractivity contribution < 1.29 is 9.84 Å². The summed E-state index contributed by atoms with van der Waals surface area (Å²) in [4.78, 5) is 1.20. The summed E-state index contributed by atoms with van der Waals surface area (Å²) in [6.45, 7) is 0.204. The van der Waals surface area contributed by atoms with Crippen LogP contribution in [0.1, 0.15) is 4.88 Å². The molecule has 0 bridgehead atoms. The van der Waals surface area contributed by atoms with E-state index in [0.717, 1.165) is 17.6 Å². The van der Waals surface area contributed by atoms with E-state index >= 15 is 0 Å². The van der Waals surface area contributed by atoms with Crippen molar-refractivity contribution >= 4 is 21.4 Å². The smallest absolute Gasteiger partial charge is 0.127 e. The Morgan fingerprint density at radius 1 is 1.43 bits per heavy atom. The molecule has 0 unspecified atom stereocenters. The molecule has 1 N–H and O–H groups in total. The van der Waals surface area contributed by atoms with Gasteiger partial charge >= 0.3 is 0 Å². The molecule has 0 saturated carbocycles. The maximum atomic E-state index is 8.85. The lowest BCUT2D eigenvalue weighted by atomic mass is 10.2. The van der Waals surface area contributed by atoms with Crippen molar-refractivity contribution in [2.24, 2.45) is 0 Å². The Morgan fingerprint density at radius 3 is 3.00 bits per heavy atom. The molecule has 0 aliphatic rings. The minimum atomic E-state index is 0.204. The minimum absolute atomic E-state index is 0.204. The zero-order valence-corrected chi connectivity index (χ0v) is 8.80. The fourth-order valence-electron chi connectivity index (χ4n) is 1.50. The molecule has 0 aliphatic carbocycles. The molecule has 1 aromatic heterocycles. The molecule has 2 rings (SSSR count). The molecule has 0 fully saturated rings. The van der Waals surface area contributed by atoms with Crippen LogP contribution in [-0.2, 0) is 6.42 Å². The van der Waals surface area contributed by atoms with Gasteiger partial charge in [-0.3, -0.25) is 0 Å². The first-order chi connectivity index (χ1) is 6.85. The van der Waals surface area contributed by atoms with Crippen LogP contribution in [0.25, 0.3) is 10.1 Å². The second-order valence-electron chi connectivity index (χ2n) is 3.06. The van der Waals surface area contributed by atoms with Crippen LogP contribution in [-0.4, -0.2) is 18.8 Å². The van der Waals surface area contributed by atoms with Crippen LogP contribution in [0.5, 0.6) is 5.75 Å². The fourth-order valence-corrected chi connectivity index (χ4v) is 2.57. The summed E-state index contributed by atoms with van der Waals surface area (Å²) in [6.07, 6.45) is 0.725. The number of fused-ring (bicyclic) bond motifs is 1. The van der Waals surface area contributed by atoms with Crippen LogP contribution in [0.2, 0.25) is 0 Å². The number of thiophene rings is 1. The highest BCUT2D eigenvalue weighted by atomic mass is 32.1. The van der Waals surface area contributed by atoms with Gasteiger partial charge in [0.05, 0.1) is 7.11 Å². The third-order valence-corrected chi connectivity index (χ3v) is 3.31. The van der Waals surface area contributed by atoms with Crippen LogP contribution in [0.4, 0.5) is 0 Å². The van der Waals surface area contributed by atoms with E-state index in [2.05, 4.69) is 12.1 Å². The molecular formula is C11H12O2S. The lowest BCUT2D eigenvalue weighted by Gasteiger charge is -1.99. The number of benzene rings is 1. The molecule has 0 radical (unpaired) electrons. The zero-order valence-electron chi connectivity index (χ0n) is 7.99. The van der Waals surface area contributed by atoms with Gasteiger partial charge in [0.2, 0.25) is 0 Å². The normalized spacial score (nSPS) is 10.7. The molecule has 0 aliphatic heterocycles. The molecule has 1 heterocycles. The molecule has 0 atom stereocenters. The van der Waals surface area contributed by atoms with Gasteiger partial charge < -0.3 is 9.84 Å². The Labute approximate surface area is 86.8 Å². The largest absolute Gasteiger partial charge is 0.496 e. The van der Waals surface area contributed by atoms with Crippen molar-refractivity contribution in [1.29, 1.82) is 0 Å². The topological polar surface area (TPSA) is 29.5 Å². The van der Waals surface area contributed by atoms with Gasteiger partial charge in [0.1, 0.15) is 5.75 Å². The molecule has 2 nitrogen and oxygen atoms in total. The third-order valence-electron chi connectivity index (χ3n) is 2.15. The number of hydrogen-bond acceptors (Lipinski definition) is 3. The predicted octanol–water partition coefficient (Wildman–Crippen LogP) is 2.44. The van der Waals surface area contributed by atoms with Crippen molar-refractivity contribution in [2.75, 3.05) is 13.7 Å². The van der Waals surface area contributed by atoms with Gasteiger partial charge in [-0.05, 0) is 18.2 Å². The maximum absolute atomic E-state index is 8.85. The van der Waals surface area contributed by atoms with Crippen LogP contribution >= 0.6 is 11.3 Å². The van der Waals surface area contributed by atoms with Gasteiger partial charge in [-0.15, -0.1) is 11.3 Å². The summed E-state index contributed by atoms with van der Waals surface area (Å²) in [7, 11) is 1.68. The van der Waals surface area contributed by atoms with Gasteiger partial charge in [0.25, 0.3) is 0 Å². The lowest BCUT2D eigenvalue weighted by Crippen LogP contribution is -1.85. The molecule has 2 aromatic rings.